The monoisotopic (exact) mass is 262 g/mol. The lowest BCUT2D eigenvalue weighted by Gasteiger charge is -2.14. The summed E-state index contributed by atoms with van der Waals surface area (Å²) < 4.78 is 0. The van der Waals surface area contributed by atoms with Crippen LogP contribution in [0.5, 0.6) is 0 Å². The number of hydrogen-bond acceptors (Lipinski definition) is 4. The van der Waals surface area contributed by atoms with Gasteiger partial charge in [0.25, 0.3) is 0 Å². The molecular formula is C14H18N2OS. The van der Waals surface area contributed by atoms with E-state index in [4.69, 9.17) is 0 Å². The number of aliphatic hydroxyl groups excluding tert-OH is 1. The summed E-state index contributed by atoms with van der Waals surface area (Å²) in [5, 5.41) is 17.0. The molecule has 96 valence electrons. The van der Waals surface area contributed by atoms with E-state index in [1.165, 1.54) is 5.56 Å². The fourth-order valence-electron chi connectivity index (χ4n) is 1.83. The van der Waals surface area contributed by atoms with Gasteiger partial charge < -0.3 is 10.4 Å². The zero-order chi connectivity index (χ0) is 12.6. The van der Waals surface area contributed by atoms with Crippen molar-refractivity contribution in [1.82, 2.24) is 10.3 Å². The molecule has 2 heterocycles. The quantitative estimate of drug-likeness (QED) is 0.803. The second-order valence-corrected chi connectivity index (χ2v) is 5.12. The molecule has 0 radical (unpaired) electrons. The average Bonchev–Trinajstić information content (AvgIpc) is 2.92. The van der Waals surface area contributed by atoms with Crippen molar-refractivity contribution in [2.75, 3.05) is 13.2 Å². The highest BCUT2D eigenvalue weighted by Crippen LogP contribution is 2.07. The maximum Gasteiger partial charge on any atom is 0.0475 e. The first-order valence-corrected chi connectivity index (χ1v) is 7.05. The predicted octanol–water partition coefficient (Wildman–Crippen LogP) is 2.08. The standard InChI is InChI=1S/C14H18N2OS/c17-10-13(7-14-3-1-2-5-16-14)9-15-8-12-4-6-18-11-12/h1-6,11,13,15,17H,7-10H2. The number of aliphatic hydroxyl groups is 1. The van der Waals surface area contributed by atoms with Gasteiger partial charge in [0.15, 0.2) is 0 Å². The SMILES string of the molecule is OCC(CNCc1ccsc1)Cc1ccccn1. The topological polar surface area (TPSA) is 45.1 Å². The molecule has 2 N–H and O–H groups in total. The molecule has 18 heavy (non-hydrogen) atoms. The van der Waals surface area contributed by atoms with E-state index in [1.54, 1.807) is 17.5 Å². The van der Waals surface area contributed by atoms with Crippen LogP contribution in [0, 0.1) is 5.92 Å². The van der Waals surface area contributed by atoms with Gasteiger partial charge in [0.05, 0.1) is 0 Å². The van der Waals surface area contributed by atoms with E-state index in [1.807, 2.05) is 18.2 Å². The number of aromatic nitrogens is 1. The van der Waals surface area contributed by atoms with E-state index in [0.29, 0.717) is 0 Å². The van der Waals surface area contributed by atoms with Gasteiger partial charge in [-0.2, -0.15) is 11.3 Å². The van der Waals surface area contributed by atoms with E-state index >= 15 is 0 Å². The number of thiophene rings is 1. The van der Waals surface area contributed by atoms with Gasteiger partial charge in [0.2, 0.25) is 0 Å². The molecule has 2 rings (SSSR count). The molecule has 0 aliphatic rings. The van der Waals surface area contributed by atoms with Gasteiger partial charge >= 0.3 is 0 Å². The minimum Gasteiger partial charge on any atom is -0.396 e. The van der Waals surface area contributed by atoms with Crippen LogP contribution >= 0.6 is 11.3 Å². The van der Waals surface area contributed by atoms with Gasteiger partial charge in [-0.15, -0.1) is 0 Å². The Morgan fingerprint density at radius 1 is 1.33 bits per heavy atom. The van der Waals surface area contributed by atoms with Crippen LogP contribution in [-0.2, 0) is 13.0 Å². The molecule has 2 aromatic rings. The third-order valence-corrected chi connectivity index (χ3v) is 3.56. The summed E-state index contributed by atoms with van der Waals surface area (Å²) in [6, 6.07) is 8.01. The van der Waals surface area contributed by atoms with E-state index in [2.05, 4.69) is 27.1 Å². The summed E-state index contributed by atoms with van der Waals surface area (Å²) in [5.74, 6) is 0.221. The molecule has 0 aliphatic carbocycles. The molecule has 0 spiro atoms. The second-order valence-electron chi connectivity index (χ2n) is 4.34. The van der Waals surface area contributed by atoms with Crippen LogP contribution in [0.3, 0.4) is 0 Å². The van der Waals surface area contributed by atoms with Crippen molar-refractivity contribution in [2.45, 2.75) is 13.0 Å². The van der Waals surface area contributed by atoms with E-state index < -0.39 is 0 Å². The van der Waals surface area contributed by atoms with Crippen molar-refractivity contribution >= 4 is 11.3 Å². The van der Waals surface area contributed by atoms with Crippen LogP contribution in [0.2, 0.25) is 0 Å². The number of nitrogens with zero attached hydrogens (tertiary/aromatic N) is 1. The summed E-state index contributed by atoms with van der Waals surface area (Å²) in [5.41, 5.74) is 2.34. The number of rotatable bonds is 7. The highest BCUT2D eigenvalue weighted by atomic mass is 32.1. The largest absolute Gasteiger partial charge is 0.396 e. The summed E-state index contributed by atoms with van der Waals surface area (Å²) in [6.45, 7) is 1.86. The van der Waals surface area contributed by atoms with Gasteiger partial charge in [0, 0.05) is 31.6 Å². The van der Waals surface area contributed by atoms with Crippen LogP contribution in [0.25, 0.3) is 0 Å². The summed E-state index contributed by atoms with van der Waals surface area (Å²) >= 11 is 1.71. The van der Waals surface area contributed by atoms with Gasteiger partial charge in [-0.3, -0.25) is 4.98 Å². The molecule has 1 atom stereocenters. The molecule has 0 aromatic carbocycles. The maximum absolute atomic E-state index is 9.38. The summed E-state index contributed by atoms with van der Waals surface area (Å²) in [7, 11) is 0. The Bertz CT molecular complexity index is 430. The second kappa shape index (κ2) is 7.26. The normalized spacial score (nSPS) is 12.5. The first kappa shape index (κ1) is 13.2. The summed E-state index contributed by atoms with van der Waals surface area (Å²) in [4.78, 5) is 4.29. The Labute approximate surface area is 112 Å². The van der Waals surface area contributed by atoms with Crippen LogP contribution in [-0.4, -0.2) is 23.2 Å². The molecule has 0 bridgehead atoms. The van der Waals surface area contributed by atoms with Crippen molar-refractivity contribution in [1.29, 1.82) is 0 Å². The fourth-order valence-corrected chi connectivity index (χ4v) is 2.50. The van der Waals surface area contributed by atoms with Gasteiger partial charge in [-0.1, -0.05) is 6.07 Å². The first-order chi connectivity index (χ1) is 8.88. The molecular weight excluding hydrogens is 244 g/mol. The van der Waals surface area contributed by atoms with Crippen molar-refractivity contribution in [3.05, 3.63) is 52.5 Å². The Kier molecular flexibility index (Phi) is 5.33. The van der Waals surface area contributed by atoms with Gasteiger partial charge in [0.1, 0.15) is 0 Å². The van der Waals surface area contributed by atoms with Crippen LogP contribution in [0.4, 0.5) is 0 Å². The lowest BCUT2D eigenvalue weighted by atomic mass is 10.0. The third-order valence-electron chi connectivity index (χ3n) is 2.82. The fraction of sp³-hybridized carbons (Fsp3) is 0.357. The molecule has 1 unspecified atom stereocenters. The van der Waals surface area contributed by atoms with Crippen molar-refractivity contribution in [3.63, 3.8) is 0 Å². The Morgan fingerprint density at radius 3 is 2.94 bits per heavy atom. The van der Waals surface area contributed by atoms with Crippen molar-refractivity contribution < 1.29 is 5.11 Å². The van der Waals surface area contributed by atoms with E-state index in [-0.39, 0.29) is 12.5 Å². The minimum absolute atomic E-state index is 0.188. The van der Waals surface area contributed by atoms with E-state index in [0.717, 1.165) is 25.2 Å². The van der Waals surface area contributed by atoms with E-state index in [9.17, 15) is 5.11 Å². The smallest absolute Gasteiger partial charge is 0.0475 e. The minimum atomic E-state index is 0.188. The predicted molar refractivity (Wildman–Crippen MR) is 74.5 cm³/mol. The number of nitrogens with one attached hydrogen (secondary N) is 1. The van der Waals surface area contributed by atoms with Crippen LogP contribution in [0.15, 0.2) is 41.2 Å². The lowest BCUT2D eigenvalue weighted by molar-refractivity contribution is 0.220. The Balaban J connectivity index is 1.75. The zero-order valence-electron chi connectivity index (χ0n) is 10.2. The summed E-state index contributed by atoms with van der Waals surface area (Å²) in [6.07, 6.45) is 2.61. The van der Waals surface area contributed by atoms with Gasteiger partial charge in [-0.25, -0.2) is 0 Å². The van der Waals surface area contributed by atoms with Crippen molar-refractivity contribution in [3.8, 4) is 0 Å². The number of hydrogen-bond donors (Lipinski definition) is 2. The first-order valence-electron chi connectivity index (χ1n) is 6.11. The molecule has 4 heteroatoms. The highest BCUT2D eigenvalue weighted by Gasteiger charge is 2.08. The molecule has 0 saturated heterocycles. The zero-order valence-corrected chi connectivity index (χ0v) is 11.1. The van der Waals surface area contributed by atoms with Crippen LogP contribution < -0.4 is 5.32 Å². The molecule has 3 nitrogen and oxygen atoms in total. The Hall–Kier alpha value is -1.23. The van der Waals surface area contributed by atoms with Crippen molar-refractivity contribution in [2.24, 2.45) is 5.92 Å². The maximum atomic E-state index is 9.38. The molecule has 0 fully saturated rings. The highest BCUT2D eigenvalue weighted by molar-refractivity contribution is 7.07. The molecule has 0 aliphatic heterocycles. The molecule has 0 amide bonds. The molecule has 2 aromatic heterocycles. The molecule has 0 saturated carbocycles. The lowest BCUT2D eigenvalue weighted by Crippen LogP contribution is -2.26. The third kappa shape index (κ3) is 4.22. The average molecular weight is 262 g/mol. The van der Waals surface area contributed by atoms with Gasteiger partial charge in [-0.05, 0) is 46.9 Å². The van der Waals surface area contributed by atoms with Crippen LogP contribution in [0.1, 0.15) is 11.3 Å². The number of pyridine rings is 1. The Morgan fingerprint density at radius 2 is 2.28 bits per heavy atom.